The molecule has 0 bridgehead atoms. The minimum atomic E-state index is -2.95. The van der Waals surface area contributed by atoms with Crippen molar-refractivity contribution in [1.29, 1.82) is 0 Å². The predicted molar refractivity (Wildman–Crippen MR) is 94.1 cm³/mol. The van der Waals surface area contributed by atoms with Gasteiger partial charge in [0.25, 0.3) is 5.91 Å². The first-order valence-electron chi connectivity index (χ1n) is 8.82. The average molecular weight is 380 g/mol. The topological polar surface area (TPSA) is 55.2 Å². The Kier molecular flexibility index (Phi) is 6.28. The minimum Gasteiger partial charge on any atom is -0.490 e. The molecule has 1 aliphatic heterocycles. The summed E-state index contributed by atoms with van der Waals surface area (Å²) in [4.78, 5) is 16.7. The van der Waals surface area contributed by atoms with Crippen molar-refractivity contribution in [3.63, 3.8) is 0 Å². The maximum atomic E-state index is 12.8. The third-order valence-corrected chi connectivity index (χ3v) is 4.33. The lowest BCUT2D eigenvalue weighted by Gasteiger charge is -2.34. The Bertz CT molecular complexity index is 744. The number of carbonyl (C=O) groups is 1. The highest BCUT2D eigenvalue weighted by Crippen LogP contribution is 2.30. The fourth-order valence-electron chi connectivity index (χ4n) is 3.02. The molecule has 146 valence electrons. The highest BCUT2D eigenvalue weighted by Gasteiger charge is 2.24. The number of carbonyl (C=O) groups excluding carboxylic acids is 1. The monoisotopic (exact) mass is 380 g/mol. The van der Waals surface area contributed by atoms with Crippen molar-refractivity contribution in [1.82, 2.24) is 9.80 Å². The zero-order valence-corrected chi connectivity index (χ0v) is 15.1. The molecule has 1 saturated heterocycles. The number of amides is 1. The first-order valence-corrected chi connectivity index (χ1v) is 8.82. The molecule has 1 amide bonds. The van der Waals surface area contributed by atoms with Gasteiger partial charge in [-0.05, 0) is 37.3 Å². The number of piperazine rings is 1. The molecular formula is C19H22F2N2O4. The Balaban J connectivity index is 1.62. The Hall–Kier alpha value is -2.61. The zero-order valence-electron chi connectivity index (χ0n) is 15.1. The fourth-order valence-corrected chi connectivity index (χ4v) is 3.02. The summed E-state index contributed by atoms with van der Waals surface area (Å²) in [5.41, 5.74) is 0.388. The van der Waals surface area contributed by atoms with Crippen molar-refractivity contribution in [2.24, 2.45) is 0 Å². The summed E-state index contributed by atoms with van der Waals surface area (Å²) in [6, 6.07) is 8.07. The molecule has 8 heteroatoms. The molecule has 0 N–H and O–H groups in total. The van der Waals surface area contributed by atoms with E-state index in [0.29, 0.717) is 25.2 Å². The second-order valence-corrected chi connectivity index (χ2v) is 6.12. The molecule has 2 heterocycles. The summed E-state index contributed by atoms with van der Waals surface area (Å²) in [5, 5.41) is 0. The van der Waals surface area contributed by atoms with Crippen LogP contribution in [0.3, 0.4) is 0 Å². The average Bonchev–Trinajstić information content (AvgIpc) is 3.16. The highest BCUT2D eigenvalue weighted by atomic mass is 19.3. The first-order chi connectivity index (χ1) is 13.1. The van der Waals surface area contributed by atoms with Crippen LogP contribution >= 0.6 is 0 Å². The molecule has 3 rings (SSSR count). The van der Waals surface area contributed by atoms with E-state index >= 15 is 0 Å². The van der Waals surface area contributed by atoms with Crippen LogP contribution in [-0.4, -0.2) is 55.1 Å². The SMILES string of the molecule is CCOc1cc(C(=O)N2CCN(Cc3ccco3)CC2)ccc1OC(F)F. The van der Waals surface area contributed by atoms with Crippen LogP contribution in [0.4, 0.5) is 8.78 Å². The molecule has 0 aliphatic carbocycles. The number of hydrogen-bond donors (Lipinski definition) is 0. The van der Waals surface area contributed by atoms with Crippen molar-refractivity contribution in [2.45, 2.75) is 20.1 Å². The molecule has 0 spiro atoms. The van der Waals surface area contributed by atoms with Gasteiger partial charge in [0.1, 0.15) is 5.76 Å². The van der Waals surface area contributed by atoms with Crippen molar-refractivity contribution >= 4 is 5.91 Å². The second-order valence-electron chi connectivity index (χ2n) is 6.12. The van der Waals surface area contributed by atoms with Gasteiger partial charge in [0, 0.05) is 31.7 Å². The molecule has 1 fully saturated rings. The standard InChI is InChI=1S/C19H22F2N2O4/c1-2-25-17-12-14(5-6-16(17)27-19(20)21)18(24)23-9-7-22(8-10-23)13-15-4-3-11-26-15/h3-6,11-12,19H,2,7-10,13H2,1H3. The molecule has 6 nitrogen and oxygen atoms in total. The van der Waals surface area contributed by atoms with E-state index in [-0.39, 0.29) is 24.0 Å². The molecule has 0 atom stereocenters. The maximum absolute atomic E-state index is 12.8. The van der Waals surface area contributed by atoms with Crippen LogP contribution in [0.15, 0.2) is 41.0 Å². The number of benzene rings is 1. The Labute approximate surface area is 156 Å². The van der Waals surface area contributed by atoms with Crippen molar-refractivity contribution in [3.05, 3.63) is 47.9 Å². The third-order valence-electron chi connectivity index (χ3n) is 4.33. The number of halogens is 2. The van der Waals surface area contributed by atoms with E-state index in [1.807, 2.05) is 12.1 Å². The number of ether oxygens (including phenoxy) is 2. The lowest BCUT2D eigenvalue weighted by atomic mass is 10.1. The van der Waals surface area contributed by atoms with E-state index in [1.165, 1.54) is 18.2 Å². The molecule has 1 aromatic carbocycles. The van der Waals surface area contributed by atoms with Crippen LogP contribution in [0.5, 0.6) is 11.5 Å². The van der Waals surface area contributed by atoms with E-state index in [9.17, 15) is 13.6 Å². The van der Waals surface area contributed by atoms with Gasteiger partial charge in [0.05, 0.1) is 19.4 Å². The summed E-state index contributed by atoms with van der Waals surface area (Å²) in [5.74, 6) is 0.801. The second kappa shape index (κ2) is 8.85. The molecule has 27 heavy (non-hydrogen) atoms. The van der Waals surface area contributed by atoms with Crippen LogP contribution in [0, 0.1) is 0 Å². The number of furan rings is 1. The van der Waals surface area contributed by atoms with Gasteiger partial charge in [-0.2, -0.15) is 8.78 Å². The molecule has 1 aliphatic rings. The molecule has 2 aromatic rings. The van der Waals surface area contributed by atoms with Crippen LogP contribution in [0.25, 0.3) is 0 Å². The number of rotatable bonds is 7. The van der Waals surface area contributed by atoms with Crippen molar-refractivity contribution < 1.29 is 27.5 Å². The van der Waals surface area contributed by atoms with E-state index in [1.54, 1.807) is 18.1 Å². The van der Waals surface area contributed by atoms with Gasteiger partial charge in [-0.3, -0.25) is 9.69 Å². The normalized spacial score (nSPS) is 15.2. The van der Waals surface area contributed by atoms with E-state index in [4.69, 9.17) is 9.15 Å². The van der Waals surface area contributed by atoms with Crippen LogP contribution in [-0.2, 0) is 6.54 Å². The lowest BCUT2D eigenvalue weighted by Crippen LogP contribution is -2.48. The smallest absolute Gasteiger partial charge is 0.387 e. The summed E-state index contributed by atoms with van der Waals surface area (Å²) < 4.78 is 40.1. The summed E-state index contributed by atoms with van der Waals surface area (Å²) >= 11 is 0. The van der Waals surface area contributed by atoms with Gasteiger partial charge in [-0.1, -0.05) is 0 Å². The first kappa shape index (κ1) is 19.2. The quantitative estimate of drug-likeness (QED) is 0.738. The van der Waals surface area contributed by atoms with Gasteiger partial charge < -0.3 is 18.8 Å². The lowest BCUT2D eigenvalue weighted by molar-refractivity contribution is -0.0514. The molecule has 1 aromatic heterocycles. The molecule has 0 unspecified atom stereocenters. The minimum absolute atomic E-state index is 0.0772. The molecular weight excluding hydrogens is 358 g/mol. The largest absolute Gasteiger partial charge is 0.490 e. The van der Waals surface area contributed by atoms with Crippen LogP contribution < -0.4 is 9.47 Å². The Morgan fingerprint density at radius 1 is 1.19 bits per heavy atom. The Morgan fingerprint density at radius 2 is 1.96 bits per heavy atom. The summed E-state index contributed by atoms with van der Waals surface area (Å²) in [6.07, 6.45) is 1.65. The maximum Gasteiger partial charge on any atom is 0.387 e. The van der Waals surface area contributed by atoms with Crippen LogP contribution in [0.2, 0.25) is 0 Å². The van der Waals surface area contributed by atoms with Gasteiger partial charge >= 0.3 is 6.61 Å². The number of alkyl halides is 2. The van der Waals surface area contributed by atoms with E-state index in [2.05, 4.69) is 9.64 Å². The van der Waals surface area contributed by atoms with Gasteiger partial charge in [0.2, 0.25) is 0 Å². The van der Waals surface area contributed by atoms with E-state index < -0.39 is 6.61 Å². The summed E-state index contributed by atoms with van der Waals surface area (Å²) in [6.45, 7) is 2.41. The van der Waals surface area contributed by atoms with Gasteiger partial charge in [-0.15, -0.1) is 0 Å². The molecule has 0 radical (unpaired) electrons. The Morgan fingerprint density at radius 3 is 2.59 bits per heavy atom. The number of nitrogens with zero attached hydrogens (tertiary/aromatic N) is 2. The summed E-state index contributed by atoms with van der Waals surface area (Å²) in [7, 11) is 0. The van der Waals surface area contributed by atoms with E-state index in [0.717, 1.165) is 18.8 Å². The zero-order chi connectivity index (χ0) is 19.2. The third kappa shape index (κ3) is 4.97. The van der Waals surface area contributed by atoms with Crippen molar-refractivity contribution in [3.8, 4) is 11.5 Å². The predicted octanol–water partition coefficient (Wildman–Crippen LogP) is 3.24. The highest BCUT2D eigenvalue weighted by molar-refractivity contribution is 5.95. The van der Waals surface area contributed by atoms with Crippen molar-refractivity contribution in [2.75, 3.05) is 32.8 Å². The fraction of sp³-hybridized carbons (Fsp3) is 0.421. The molecule has 0 saturated carbocycles. The van der Waals surface area contributed by atoms with Gasteiger partial charge in [0.15, 0.2) is 11.5 Å². The number of hydrogen-bond acceptors (Lipinski definition) is 5. The van der Waals surface area contributed by atoms with Crippen LogP contribution in [0.1, 0.15) is 23.0 Å². The van der Waals surface area contributed by atoms with Gasteiger partial charge in [-0.25, -0.2) is 0 Å².